The summed E-state index contributed by atoms with van der Waals surface area (Å²) in [7, 11) is 0. The molecule has 1 aliphatic carbocycles. The Balaban J connectivity index is 1.80. The number of rotatable bonds is 24. The lowest BCUT2D eigenvalue weighted by atomic mass is 9.89. The van der Waals surface area contributed by atoms with Crippen LogP contribution in [-0.4, -0.2) is 51.0 Å². The molecule has 5 rings (SSSR count). The molecule has 12 nitrogen and oxygen atoms in total. The maximum absolute atomic E-state index is 13.6. The fraction of sp³-hybridized carbons (Fsp3) is 0.520. The molecule has 0 atom stereocenters. The average Bonchev–Trinajstić information content (AvgIpc) is 3.23. The largest absolute Gasteiger partial charge is 0.513 e. The first kappa shape index (κ1) is 47.5. The molecule has 0 aromatic heterocycles. The van der Waals surface area contributed by atoms with Gasteiger partial charge in [-0.2, -0.15) is 0 Å². The SMILES string of the molecule is CCCCCCOC(=O)Oc1c2c(c(OC(=O)OCCCCCC)c3c(C)cccc13)=c1c(OC(=O)OCCCCCC)c3c(C)cccc3c(OC(=O)OCCCCCC)c1=2. The minimum Gasteiger partial charge on any atom is -0.434 e. The van der Waals surface area contributed by atoms with E-state index in [9.17, 15) is 19.2 Å². The van der Waals surface area contributed by atoms with Crippen LogP contribution in [0.15, 0.2) is 36.4 Å². The Hall–Kier alpha value is -5.52. The number of aryl methyl sites for hydroxylation is 2. The van der Waals surface area contributed by atoms with Crippen LogP contribution in [-0.2, 0) is 18.9 Å². The van der Waals surface area contributed by atoms with Crippen LogP contribution in [0.1, 0.15) is 142 Å². The smallest absolute Gasteiger partial charge is 0.434 e. The molecule has 1 aliphatic rings. The van der Waals surface area contributed by atoms with E-state index in [1.165, 1.54) is 0 Å². The topological polar surface area (TPSA) is 142 Å². The van der Waals surface area contributed by atoms with Crippen molar-refractivity contribution in [3.05, 3.63) is 68.4 Å². The third-order valence-electron chi connectivity index (χ3n) is 11.0. The van der Waals surface area contributed by atoms with E-state index in [1.54, 1.807) is 24.3 Å². The highest BCUT2D eigenvalue weighted by Crippen LogP contribution is 2.48. The van der Waals surface area contributed by atoms with Crippen molar-refractivity contribution in [3.63, 3.8) is 0 Å². The van der Waals surface area contributed by atoms with Gasteiger partial charge in [-0.15, -0.1) is 0 Å². The van der Waals surface area contributed by atoms with E-state index in [0.29, 0.717) is 58.4 Å². The molecule has 0 unspecified atom stereocenters. The van der Waals surface area contributed by atoms with Crippen molar-refractivity contribution in [2.75, 3.05) is 26.4 Å². The summed E-state index contributed by atoms with van der Waals surface area (Å²) in [4.78, 5) is 54.4. The van der Waals surface area contributed by atoms with Gasteiger partial charge in [-0.1, -0.05) is 141 Å². The lowest BCUT2D eigenvalue weighted by Gasteiger charge is -2.23. The lowest BCUT2D eigenvalue weighted by Crippen LogP contribution is -2.18. The van der Waals surface area contributed by atoms with Crippen LogP contribution in [0, 0.1) is 34.7 Å². The zero-order valence-corrected chi connectivity index (χ0v) is 37.5. The highest BCUT2D eigenvalue weighted by Gasteiger charge is 2.32. The Morgan fingerprint density at radius 1 is 0.371 bits per heavy atom. The maximum atomic E-state index is 13.6. The van der Waals surface area contributed by atoms with E-state index in [4.69, 9.17) is 37.9 Å². The molecule has 0 heterocycles. The monoisotopic (exact) mass is 856 g/mol. The highest BCUT2D eigenvalue weighted by atomic mass is 16.7. The summed E-state index contributed by atoms with van der Waals surface area (Å²) in [5, 5.41) is 2.87. The number of benzene rings is 4. The molecule has 0 saturated carbocycles. The molecule has 62 heavy (non-hydrogen) atoms. The van der Waals surface area contributed by atoms with E-state index in [0.717, 1.165) is 77.0 Å². The Bertz CT molecular complexity index is 2220. The number of hydrogen-bond acceptors (Lipinski definition) is 12. The fourth-order valence-electron chi connectivity index (χ4n) is 7.79. The van der Waals surface area contributed by atoms with Crippen molar-refractivity contribution in [1.82, 2.24) is 0 Å². The van der Waals surface area contributed by atoms with Gasteiger partial charge in [0.05, 0.1) is 26.4 Å². The Morgan fingerprint density at radius 2 is 0.645 bits per heavy atom. The van der Waals surface area contributed by atoms with Crippen molar-refractivity contribution in [2.45, 2.75) is 144 Å². The lowest BCUT2D eigenvalue weighted by molar-refractivity contribution is 0.0942. The molecule has 0 amide bonds. The van der Waals surface area contributed by atoms with Crippen LogP contribution in [0.2, 0.25) is 0 Å². The minimum absolute atomic E-state index is 0.0827. The van der Waals surface area contributed by atoms with Crippen LogP contribution in [0.25, 0.3) is 21.5 Å². The molecule has 0 aliphatic heterocycles. The average molecular weight is 857 g/mol. The highest BCUT2D eigenvalue weighted by molar-refractivity contribution is 6.02. The third kappa shape index (κ3) is 11.9. The number of fused-ring (bicyclic) bond motifs is 4. The molecular weight excluding hydrogens is 793 g/mol. The van der Waals surface area contributed by atoms with Crippen LogP contribution in [0.3, 0.4) is 0 Å². The molecule has 0 bridgehead atoms. The van der Waals surface area contributed by atoms with Gasteiger partial charge in [0.1, 0.15) is 0 Å². The third-order valence-corrected chi connectivity index (χ3v) is 11.0. The zero-order chi connectivity index (χ0) is 44.4. The predicted molar refractivity (Wildman–Crippen MR) is 237 cm³/mol. The number of carbonyl (C=O) groups excluding carboxylic acids is 4. The Morgan fingerprint density at radius 3 is 0.935 bits per heavy atom. The van der Waals surface area contributed by atoms with E-state index >= 15 is 0 Å². The first-order valence-electron chi connectivity index (χ1n) is 22.7. The van der Waals surface area contributed by atoms with Crippen LogP contribution in [0.5, 0.6) is 23.0 Å². The normalized spacial score (nSPS) is 11.3. The number of hydrogen-bond donors (Lipinski definition) is 0. The number of carbonyl (C=O) groups is 4. The second kappa shape index (κ2) is 24.2. The molecule has 0 N–H and O–H groups in total. The van der Waals surface area contributed by atoms with Gasteiger partial charge in [0.25, 0.3) is 0 Å². The van der Waals surface area contributed by atoms with Crippen molar-refractivity contribution in [3.8, 4) is 23.0 Å². The first-order chi connectivity index (χ1) is 30.2. The molecule has 4 aromatic carbocycles. The van der Waals surface area contributed by atoms with Crippen LogP contribution in [0.4, 0.5) is 19.2 Å². The zero-order valence-electron chi connectivity index (χ0n) is 37.5. The second-order valence-electron chi connectivity index (χ2n) is 15.9. The van der Waals surface area contributed by atoms with E-state index in [-0.39, 0.29) is 70.3 Å². The summed E-state index contributed by atoms with van der Waals surface area (Å²) in [6.45, 7) is 12.7. The Kier molecular flexibility index (Phi) is 18.6. The van der Waals surface area contributed by atoms with Gasteiger partial charge in [-0.25, -0.2) is 19.2 Å². The summed E-state index contributed by atoms with van der Waals surface area (Å²) < 4.78 is 47.0. The number of ether oxygens (including phenoxy) is 8. The molecule has 336 valence electrons. The number of unbranched alkanes of at least 4 members (excludes halogenated alkanes) is 12. The first-order valence-corrected chi connectivity index (χ1v) is 22.7. The molecule has 12 heteroatoms. The molecule has 0 spiro atoms. The Labute approximate surface area is 364 Å². The van der Waals surface area contributed by atoms with Gasteiger partial charge < -0.3 is 37.9 Å². The van der Waals surface area contributed by atoms with Gasteiger partial charge in [-0.05, 0) is 50.7 Å². The van der Waals surface area contributed by atoms with Gasteiger partial charge in [0, 0.05) is 42.4 Å². The second-order valence-corrected chi connectivity index (χ2v) is 15.9. The van der Waals surface area contributed by atoms with E-state index in [2.05, 4.69) is 27.7 Å². The van der Waals surface area contributed by atoms with Crippen molar-refractivity contribution in [2.24, 2.45) is 0 Å². The van der Waals surface area contributed by atoms with Crippen LogP contribution < -0.4 is 18.9 Å². The summed E-state index contributed by atoms with van der Waals surface area (Å²) >= 11 is 0. The van der Waals surface area contributed by atoms with Crippen molar-refractivity contribution < 1.29 is 57.1 Å². The summed E-state index contributed by atoms with van der Waals surface area (Å²) in [5.41, 5.74) is 1.38. The molecular formula is C50H64O12. The minimum atomic E-state index is -0.936. The molecule has 0 radical (unpaired) electrons. The van der Waals surface area contributed by atoms with Gasteiger partial charge in [-0.3, -0.25) is 0 Å². The van der Waals surface area contributed by atoms with Crippen molar-refractivity contribution in [1.29, 1.82) is 0 Å². The van der Waals surface area contributed by atoms with E-state index in [1.807, 2.05) is 26.0 Å². The quantitative estimate of drug-likeness (QED) is 0.0252. The summed E-state index contributed by atoms with van der Waals surface area (Å²) in [6.07, 6.45) is 10.6. The molecule has 0 fully saturated rings. The summed E-state index contributed by atoms with van der Waals surface area (Å²) in [6, 6.07) is 10.8. The van der Waals surface area contributed by atoms with Gasteiger partial charge in [0.15, 0.2) is 23.0 Å². The van der Waals surface area contributed by atoms with Gasteiger partial charge in [0.2, 0.25) is 0 Å². The van der Waals surface area contributed by atoms with Crippen LogP contribution >= 0.6 is 0 Å². The predicted octanol–water partition coefficient (Wildman–Crippen LogP) is 13.9. The standard InChI is InChI=1S/C50H64O12/c1-7-11-15-19-29-55-47(51)59-43-35-27-23-25-33(5)37(35)45(61-49(53)57-31-21-17-13-9-3)41-39(43)40-42(41)46(62-50(54)58-32-22-18-14-10-4)38-34(6)26-24-28-36(38)44(40)60-48(52)56-30-20-16-12-8-2/h23-28H,7-22,29-32H2,1-6H3. The van der Waals surface area contributed by atoms with E-state index < -0.39 is 24.6 Å². The van der Waals surface area contributed by atoms with Crippen molar-refractivity contribution >= 4 is 46.2 Å². The fourth-order valence-corrected chi connectivity index (χ4v) is 7.79. The molecule has 0 saturated heterocycles. The molecule has 4 aromatic rings. The summed E-state index contributed by atoms with van der Waals surface area (Å²) in [5.74, 6) is 0.350. The maximum Gasteiger partial charge on any atom is 0.513 e. The van der Waals surface area contributed by atoms with Gasteiger partial charge >= 0.3 is 24.6 Å².